The van der Waals surface area contributed by atoms with Crippen LogP contribution in [0.15, 0.2) is 48.2 Å². The molecular weight excluding hydrogens is 347 g/mol. The molecule has 122 valence electrons. The van der Waals surface area contributed by atoms with Gasteiger partial charge in [-0.3, -0.25) is 4.79 Å². The second-order valence-corrected chi connectivity index (χ2v) is 5.78. The fourth-order valence-electron chi connectivity index (χ4n) is 1.79. The summed E-state index contributed by atoms with van der Waals surface area (Å²) in [7, 11) is 0. The fraction of sp³-hybridized carbons (Fsp3) is 0.0588. The van der Waals surface area contributed by atoms with E-state index in [4.69, 9.17) is 34.2 Å². The fourth-order valence-corrected chi connectivity index (χ4v) is 2.15. The third kappa shape index (κ3) is 4.42. The van der Waals surface area contributed by atoms with E-state index in [1.807, 2.05) is 19.1 Å². The van der Waals surface area contributed by atoms with Gasteiger partial charge in [0.15, 0.2) is 0 Å². The van der Waals surface area contributed by atoms with Crippen LogP contribution in [0.5, 0.6) is 0 Å². The van der Waals surface area contributed by atoms with Crippen LogP contribution in [0.2, 0.25) is 10.0 Å². The van der Waals surface area contributed by atoms with Gasteiger partial charge in [0.25, 0.3) is 5.91 Å². The Morgan fingerprint density at radius 1 is 1.17 bits per heavy atom. The normalized spacial score (nSPS) is 10.8. The van der Waals surface area contributed by atoms with Gasteiger partial charge in [-0.2, -0.15) is 5.26 Å². The van der Waals surface area contributed by atoms with Crippen molar-refractivity contribution >= 4 is 46.2 Å². The standard InChI is InChI=1S/C17H14Cl2N4O/c1-10-2-3-12(6-14(10)18)22-9-11(8-20)17(24)23-13-4-5-16(21)15(19)7-13/h2-7,9,22H,21H2,1H3,(H,23,24)/b11-9-. The number of nitriles is 1. The Bertz CT molecular complexity index is 856. The molecule has 0 saturated carbocycles. The zero-order chi connectivity index (χ0) is 17.7. The predicted molar refractivity (Wildman–Crippen MR) is 98.0 cm³/mol. The van der Waals surface area contributed by atoms with Crippen LogP contribution in [0, 0.1) is 18.3 Å². The molecule has 24 heavy (non-hydrogen) atoms. The number of carbonyl (C=O) groups is 1. The maximum absolute atomic E-state index is 12.1. The Kier molecular flexibility index (Phi) is 5.69. The monoisotopic (exact) mass is 360 g/mol. The largest absolute Gasteiger partial charge is 0.398 e. The van der Waals surface area contributed by atoms with E-state index in [9.17, 15) is 4.79 Å². The van der Waals surface area contributed by atoms with Crippen molar-refractivity contribution in [1.29, 1.82) is 5.26 Å². The van der Waals surface area contributed by atoms with Crippen LogP contribution in [0.4, 0.5) is 17.1 Å². The van der Waals surface area contributed by atoms with Gasteiger partial charge in [0.2, 0.25) is 0 Å². The maximum Gasteiger partial charge on any atom is 0.267 e. The Morgan fingerprint density at radius 2 is 1.83 bits per heavy atom. The zero-order valence-corrected chi connectivity index (χ0v) is 14.2. The molecule has 0 bridgehead atoms. The number of amides is 1. The molecule has 2 rings (SSSR count). The van der Waals surface area contributed by atoms with Crippen LogP contribution in [0.25, 0.3) is 0 Å². The van der Waals surface area contributed by atoms with Crippen LogP contribution < -0.4 is 16.4 Å². The summed E-state index contributed by atoms with van der Waals surface area (Å²) >= 11 is 11.9. The van der Waals surface area contributed by atoms with E-state index < -0.39 is 5.91 Å². The summed E-state index contributed by atoms with van der Waals surface area (Å²) in [6.45, 7) is 1.88. The summed E-state index contributed by atoms with van der Waals surface area (Å²) in [6.07, 6.45) is 1.31. The second-order valence-electron chi connectivity index (χ2n) is 4.97. The molecule has 0 heterocycles. The van der Waals surface area contributed by atoms with Gasteiger partial charge in [0.05, 0.1) is 10.7 Å². The van der Waals surface area contributed by atoms with Crippen molar-refractivity contribution in [2.24, 2.45) is 0 Å². The highest BCUT2D eigenvalue weighted by atomic mass is 35.5. The highest BCUT2D eigenvalue weighted by molar-refractivity contribution is 6.33. The lowest BCUT2D eigenvalue weighted by Crippen LogP contribution is -2.14. The highest BCUT2D eigenvalue weighted by Gasteiger charge is 2.10. The van der Waals surface area contributed by atoms with Gasteiger partial charge in [-0.1, -0.05) is 29.3 Å². The number of aryl methyl sites for hydroxylation is 1. The molecule has 0 unspecified atom stereocenters. The minimum absolute atomic E-state index is 0.0976. The van der Waals surface area contributed by atoms with Gasteiger partial charge in [-0.25, -0.2) is 0 Å². The van der Waals surface area contributed by atoms with E-state index in [1.165, 1.54) is 12.3 Å². The number of benzene rings is 2. The molecule has 1 amide bonds. The van der Waals surface area contributed by atoms with Crippen LogP contribution in [-0.4, -0.2) is 5.91 Å². The third-order valence-electron chi connectivity index (χ3n) is 3.18. The summed E-state index contributed by atoms with van der Waals surface area (Å²) in [5.41, 5.74) is 7.97. The summed E-state index contributed by atoms with van der Waals surface area (Å²) in [4.78, 5) is 12.1. The van der Waals surface area contributed by atoms with Gasteiger partial charge in [-0.05, 0) is 42.8 Å². The Morgan fingerprint density at radius 3 is 2.46 bits per heavy atom. The molecule has 0 aliphatic carbocycles. The SMILES string of the molecule is Cc1ccc(N/C=C(/C#N)C(=O)Nc2ccc(N)c(Cl)c2)cc1Cl. The number of nitrogens with two attached hydrogens (primary N) is 1. The molecule has 7 heteroatoms. The Balaban J connectivity index is 2.11. The number of anilines is 3. The van der Waals surface area contributed by atoms with Crippen molar-refractivity contribution in [1.82, 2.24) is 0 Å². The Labute approximate surface area is 149 Å². The van der Waals surface area contributed by atoms with E-state index in [2.05, 4.69) is 10.6 Å². The zero-order valence-electron chi connectivity index (χ0n) is 12.7. The first kappa shape index (κ1) is 17.7. The summed E-state index contributed by atoms with van der Waals surface area (Å²) in [6, 6.07) is 11.9. The molecule has 4 N–H and O–H groups in total. The van der Waals surface area contributed by atoms with E-state index in [0.717, 1.165) is 5.56 Å². The molecule has 5 nitrogen and oxygen atoms in total. The topological polar surface area (TPSA) is 90.9 Å². The number of hydrogen-bond donors (Lipinski definition) is 3. The number of hydrogen-bond acceptors (Lipinski definition) is 4. The van der Waals surface area contributed by atoms with E-state index in [-0.39, 0.29) is 5.57 Å². The van der Waals surface area contributed by atoms with Gasteiger partial charge >= 0.3 is 0 Å². The van der Waals surface area contributed by atoms with Gasteiger partial charge in [0, 0.05) is 22.6 Å². The lowest BCUT2D eigenvalue weighted by Gasteiger charge is -2.07. The first-order valence-corrected chi connectivity index (χ1v) is 7.65. The van der Waals surface area contributed by atoms with Gasteiger partial charge < -0.3 is 16.4 Å². The molecule has 2 aromatic rings. The first-order chi connectivity index (χ1) is 11.4. The number of halogens is 2. The van der Waals surface area contributed by atoms with Crippen molar-refractivity contribution in [3.63, 3.8) is 0 Å². The number of carbonyl (C=O) groups excluding carboxylic acids is 1. The Hall–Kier alpha value is -2.68. The van der Waals surface area contributed by atoms with Crippen molar-refractivity contribution < 1.29 is 4.79 Å². The van der Waals surface area contributed by atoms with Crippen LogP contribution in [-0.2, 0) is 4.79 Å². The van der Waals surface area contributed by atoms with E-state index in [1.54, 1.807) is 24.3 Å². The third-order valence-corrected chi connectivity index (χ3v) is 3.91. The molecule has 0 aliphatic heterocycles. The molecule has 0 atom stereocenters. The van der Waals surface area contributed by atoms with E-state index in [0.29, 0.717) is 27.1 Å². The average Bonchev–Trinajstić information content (AvgIpc) is 2.55. The van der Waals surface area contributed by atoms with Crippen LogP contribution in [0.1, 0.15) is 5.56 Å². The van der Waals surface area contributed by atoms with Crippen LogP contribution in [0.3, 0.4) is 0 Å². The van der Waals surface area contributed by atoms with Crippen molar-refractivity contribution in [3.05, 3.63) is 63.8 Å². The number of nitrogen functional groups attached to an aromatic ring is 1. The average molecular weight is 361 g/mol. The second kappa shape index (κ2) is 7.73. The number of rotatable bonds is 4. The number of nitrogens with one attached hydrogen (secondary N) is 2. The quantitative estimate of drug-likeness (QED) is 0.429. The summed E-state index contributed by atoms with van der Waals surface area (Å²) in [5.74, 6) is -0.566. The van der Waals surface area contributed by atoms with E-state index >= 15 is 0 Å². The van der Waals surface area contributed by atoms with Gasteiger partial charge in [-0.15, -0.1) is 0 Å². The lowest BCUT2D eigenvalue weighted by molar-refractivity contribution is -0.112. The minimum Gasteiger partial charge on any atom is -0.398 e. The van der Waals surface area contributed by atoms with Crippen molar-refractivity contribution in [2.45, 2.75) is 6.92 Å². The minimum atomic E-state index is -0.566. The molecule has 0 radical (unpaired) electrons. The molecule has 0 aliphatic rings. The van der Waals surface area contributed by atoms with Crippen molar-refractivity contribution in [3.8, 4) is 6.07 Å². The predicted octanol–water partition coefficient (Wildman–Crippen LogP) is 4.34. The maximum atomic E-state index is 12.1. The number of nitrogens with zero attached hydrogens (tertiary/aromatic N) is 1. The molecule has 0 saturated heterocycles. The molecule has 0 fully saturated rings. The summed E-state index contributed by atoms with van der Waals surface area (Å²) < 4.78 is 0. The molecule has 0 aromatic heterocycles. The molecule has 0 spiro atoms. The van der Waals surface area contributed by atoms with Crippen molar-refractivity contribution in [2.75, 3.05) is 16.4 Å². The summed E-state index contributed by atoms with van der Waals surface area (Å²) in [5, 5.41) is 15.5. The lowest BCUT2D eigenvalue weighted by atomic mass is 10.2. The molecular formula is C17H14Cl2N4O. The molecule has 2 aromatic carbocycles. The smallest absolute Gasteiger partial charge is 0.267 e. The highest BCUT2D eigenvalue weighted by Crippen LogP contribution is 2.23. The first-order valence-electron chi connectivity index (χ1n) is 6.90. The van der Waals surface area contributed by atoms with Crippen LogP contribution >= 0.6 is 23.2 Å². The van der Waals surface area contributed by atoms with Gasteiger partial charge in [0.1, 0.15) is 11.6 Å².